The van der Waals surface area contributed by atoms with Gasteiger partial charge >= 0.3 is 0 Å². The van der Waals surface area contributed by atoms with Crippen molar-refractivity contribution in [2.75, 3.05) is 13.2 Å². The normalized spacial score (nSPS) is 9.64. The molecular weight excluding hydrogens is 186 g/mol. The van der Waals surface area contributed by atoms with Gasteiger partial charge in [0.1, 0.15) is 0 Å². The van der Waals surface area contributed by atoms with E-state index in [9.17, 15) is 4.79 Å². The zero-order valence-electron chi connectivity index (χ0n) is 8.79. The zero-order valence-corrected chi connectivity index (χ0v) is 8.79. The van der Waals surface area contributed by atoms with Gasteiger partial charge in [0, 0.05) is 6.42 Å². The van der Waals surface area contributed by atoms with Crippen molar-refractivity contribution in [1.29, 1.82) is 5.41 Å². The third kappa shape index (κ3) is 4.78. The maximum Gasteiger partial charge on any atom is 0.250 e. The fourth-order valence-electron chi connectivity index (χ4n) is 0.667. The zero-order chi connectivity index (χ0) is 11.0. The Bertz CT molecular complexity index is 190. The van der Waals surface area contributed by atoms with Gasteiger partial charge in [-0.1, -0.05) is 12.2 Å². The molecule has 0 aromatic carbocycles. The molecule has 14 heavy (non-hydrogen) atoms. The Labute approximate surface area is 83.6 Å². The van der Waals surface area contributed by atoms with Crippen LogP contribution in [0.3, 0.4) is 0 Å². The molecule has 82 valence electrons. The average Bonchev–Trinajstić information content (AvgIpc) is 2.17. The molecule has 0 bridgehead atoms. The van der Waals surface area contributed by atoms with Crippen LogP contribution in [0.1, 0.15) is 27.2 Å². The Morgan fingerprint density at radius 3 is 2.14 bits per heavy atom. The fraction of sp³-hybridized carbons (Fsp3) is 0.750. The summed E-state index contributed by atoms with van der Waals surface area (Å²) in [6.07, 6.45) is 0.314. The molecule has 0 spiro atoms. The van der Waals surface area contributed by atoms with Crippen LogP contribution in [-0.2, 0) is 14.5 Å². The van der Waals surface area contributed by atoms with Gasteiger partial charge < -0.3 is 0 Å². The molecule has 0 radical (unpaired) electrons. The lowest BCUT2D eigenvalue weighted by Gasteiger charge is -2.21. The van der Waals surface area contributed by atoms with Crippen LogP contribution in [0.4, 0.5) is 0 Å². The maximum atomic E-state index is 10.9. The molecule has 0 aromatic rings. The minimum absolute atomic E-state index is 0.208. The van der Waals surface area contributed by atoms with Gasteiger partial charge in [-0.25, -0.2) is 9.68 Å². The molecular formula is C8H17N3O3. The molecule has 1 amide bonds. The molecule has 0 aliphatic carbocycles. The number of hydrogen-bond acceptors (Lipinski definition) is 4. The van der Waals surface area contributed by atoms with Crippen LogP contribution in [0.15, 0.2) is 0 Å². The van der Waals surface area contributed by atoms with Crippen molar-refractivity contribution in [2.24, 2.45) is 0 Å². The van der Waals surface area contributed by atoms with Crippen molar-refractivity contribution in [2.45, 2.75) is 27.2 Å². The van der Waals surface area contributed by atoms with Crippen LogP contribution in [-0.4, -0.2) is 30.3 Å². The molecule has 0 rings (SSSR count). The Hall–Kier alpha value is -1.14. The Balaban J connectivity index is 4.06. The molecule has 0 atom stereocenters. The first-order valence-electron chi connectivity index (χ1n) is 4.60. The monoisotopic (exact) mass is 203 g/mol. The molecule has 0 aliphatic heterocycles. The van der Waals surface area contributed by atoms with Gasteiger partial charge in [0.05, 0.1) is 13.2 Å². The Morgan fingerprint density at radius 2 is 1.79 bits per heavy atom. The minimum Gasteiger partial charge on any atom is -0.293 e. The van der Waals surface area contributed by atoms with Crippen LogP contribution in [0, 0.1) is 5.41 Å². The van der Waals surface area contributed by atoms with Crippen molar-refractivity contribution >= 4 is 11.9 Å². The molecule has 0 aliphatic rings. The average molecular weight is 203 g/mol. The third-order valence-electron chi connectivity index (χ3n) is 1.25. The van der Waals surface area contributed by atoms with E-state index in [1.807, 2.05) is 0 Å². The van der Waals surface area contributed by atoms with Crippen molar-refractivity contribution in [3.63, 3.8) is 0 Å². The highest BCUT2D eigenvalue weighted by atomic mass is 16.9. The number of nitrogens with one attached hydrogen (secondary N) is 2. The first-order chi connectivity index (χ1) is 6.65. The van der Waals surface area contributed by atoms with Crippen LogP contribution < -0.4 is 5.32 Å². The fourth-order valence-corrected chi connectivity index (χ4v) is 0.667. The molecule has 6 heteroatoms. The second-order valence-corrected chi connectivity index (χ2v) is 2.34. The number of carbonyl (C=O) groups is 1. The molecule has 0 fully saturated rings. The number of carbonyl (C=O) groups excluding carboxylic acids is 1. The molecule has 6 nitrogen and oxygen atoms in total. The van der Waals surface area contributed by atoms with E-state index in [0.29, 0.717) is 19.6 Å². The number of hydroxylamine groups is 2. The van der Waals surface area contributed by atoms with Gasteiger partial charge in [0.25, 0.3) is 5.96 Å². The predicted octanol–water partition coefficient (Wildman–Crippen LogP) is 0.652. The summed E-state index contributed by atoms with van der Waals surface area (Å²) in [5.74, 6) is -0.458. The first kappa shape index (κ1) is 12.9. The maximum absolute atomic E-state index is 10.9. The SMILES string of the molecule is CCON(OCC)C(=N)NC(=O)CC. The van der Waals surface area contributed by atoms with Crippen molar-refractivity contribution < 1.29 is 14.5 Å². The van der Waals surface area contributed by atoms with E-state index in [2.05, 4.69) is 5.32 Å². The van der Waals surface area contributed by atoms with E-state index in [1.54, 1.807) is 20.8 Å². The van der Waals surface area contributed by atoms with Gasteiger partial charge in [0.2, 0.25) is 5.91 Å². The highest BCUT2D eigenvalue weighted by molar-refractivity contribution is 5.94. The molecule has 0 heterocycles. The van der Waals surface area contributed by atoms with Crippen molar-refractivity contribution in [3.8, 4) is 0 Å². The van der Waals surface area contributed by atoms with Crippen LogP contribution >= 0.6 is 0 Å². The van der Waals surface area contributed by atoms with Gasteiger partial charge in [-0.05, 0) is 13.8 Å². The molecule has 0 saturated carbocycles. The number of rotatable bonds is 5. The van der Waals surface area contributed by atoms with E-state index in [4.69, 9.17) is 15.1 Å². The largest absolute Gasteiger partial charge is 0.293 e. The number of nitrogens with zero attached hydrogens (tertiary/aromatic N) is 1. The summed E-state index contributed by atoms with van der Waals surface area (Å²) in [6, 6.07) is 0. The van der Waals surface area contributed by atoms with Crippen molar-refractivity contribution in [3.05, 3.63) is 0 Å². The summed E-state index contributed by atoms with van der Waals surface area (Å²) in [5.41, 5.74) is 0. The summed E-state index contributed by atoms with van der Waals surface area (Å²) in [4.78, 5) is 20.9. The van der Waals surface area contributed by atoms with Crippen LogP contribution in [0.25, 0.3) is 0 Å². The quantitative estimate of drug-likeness (QED) is 0.391. The summed E-state index contributed by atoms with van der Waals surface area (Å²) < 4.78 is 0. The second kappa shape index (κ2) is 7.28. The highest BCUT2D eigenvalue weighted by Crippen LogP contribution is 1.92. The lowest BCUT2D eigenvalue weighted by molar-refractivity contribution is -0.315. The Morgan fingerprint density at radius 1 is 1.29 bits per heavy atom. The lowest BCUT2D eigenvalue weighted by Crippen LogP contribution is -2.43. The van der Waals surface area contributed by atoms with Crippen LogP contribution in [0.5, 0.6) is 0 Å². The molecule has 0 aromatic heterocycles. The summed E-state index contributed by atoms with van der Waals surface area (Å²) >= 11 is 0. The van der Waals surface area contributed by atoms with Gasteiger partial charge in [-0.3, -0.25) is 15.5 Å². The third-order valence-corrected chi connectivity index (χ3v) is 1.25. The van der Waals surface area contributed by atoms with E-state index in [1.165, 1.54) is 0 Å². The molecule has 2 N–H and O–H groups in total. The van der Waals surface area contributed by atoms with Crippen molar-refractivity contribution in [1.82, 2.24) is 10.5 Å². The smallest absolute Gasteiger partial charge is 0.250 e. The number of amides is 1. The van der Waals surface area contributed by atoms with E-state index < -0.39 is 0 Å². The molecule has 0 unspecified atom stereocenters. The van der Waals surface area contributed by atoms with Gasteiger partial charge in [0.15, 0.2) is 0 Å². The van der Waals surface area contributed by atoms with E-state index >= 15 is 0 Å². The first-order valence-corrected chi connectivity index (χ1v) is 4.60. The number of guanidine groups is 1. The number of hydrogen-bond donors (Lipinski definition) is 2. The topological polar surface area (TPSA) is 74.7 Å². The predicted molar refractivity (Wildman–Crippen MR) is 51.3 cm³/mol. The Kier molecular flexibility index (Phi) is 6.69. The molecule has 0 saturated heterocycles. The summed E-state index contributed by atoms with van der Waals surface area (Å²) in [6.45, 7) is 5.96. The van der Waals surface area contributed by atoms with Gasteiger partial charge in [-0.15, -0.1) is 0 Å². The lowest BCUT2D eigenvalue weighted by atomic mass is 10.5. The summed E-state index contributed by atoms with van der Waals surface area (Å²) in [7, 11) is 0. The van der Waals surface area contributed by atoms with E-state index in [-0.39, 0.29) is 11.9 Å². The summed E-state index contributed by atoms with van der Waals surface area (Å²) in [5, 5.41) is 10.6. The highest BCUT2D eigenvalue weighted by Gasteiger charge is 2.12. The van der Waals surface area contributed by atoms with Gasteiger partial charge in [-0.2, -0.15) is 0 Å². The second-order valence-electron chi connectivity index (χ2n) is 2.34. The van der Waals surface area contributed by atoms with Crippen LogP contribution in [0.2, 0.25) is 0 Å². The minimum atomic E-state index is -0.251. The standard InChI is InChI=1S/C8H17N3O3/c1-4-7(12)10-8(9)11(13-5-2)14-6-3/h4-6H2,1-3H3,(H2,9,10,12). The van der Waals surface area contributed by atoms with E-state index in [0.717, 1.165) is 5.23 Å².